The number of carbonyl (C=O) groups excluding carboxylic acids is 1. The molecule has 5 heteroatoms. The summed E-state index contributed by atoms with van der Waals surface area (Å²) in [6, 6.07) is 3.71. The lowest BCUT2D eigenvalue weighted by Crippen LogP contribution is -2.38. The van der Waals surface area contributed by atoms with Crippen LogP contribution in [0.3, 0.4) is 0 Å². The Kier molecular flexibility index (Phi) is 1.92. The molecule has 1 saturated carbocycles. The van der Waals surface area contributed by atoms with E-state index in [1.807, 2.05) is 12.1 Å². The minimum Gasteiger partial charge on any atom is -0.475 e. The zero-order valence-corrected chi connectivity index (χ0v) is 10.8. The van der Waals surface area contributed by atoms with Crippen molar-refractivity contribution in [1.29, 1.82) is 0 Å². The Morgan fingerprint density at radius 1 is 1.27 bits per heavy atom. The summed E-state index contributed by atoms with van der Waals surface area (Å²) in [5.41, 5.74) is 0.160. The molecule has 1 spiro atoms. The van der Waals surface area contributed by atoms with Gasteiger partial charge in [0.2, 0.25) is 0 Å². The Labute approximate surface area is 103 Å². The molecule has 0 bridgehead atoms. The van der Waals surface area contributed by atoms with E-state index in [9.17, 15) is 4.79 Å². The van der Waals surface area contributed by atoms with Gasteiger partial charge in [-0.25, -0.2) is 0 Å². The highest BCUT2D eigenvalue weighted by Gasteiger charge is 2.55. The van der Waals surface area contributed by atoms with Crippen molar-refractivity contribution in [2.45, 2.75) is 18.4 Å². The number of hydrogen-bond acceptors (Lipinski definition) is 2. The maximum atomic E-state index is 11.7. The third-order valence-electron chi connectivity index (χ3n) is 2.69. The molecule has 3 nitrogen and oxygen atoms in total. The van der Waals surface area contributed by atoms with E-state index in [1.165, 1.54) is 0 Å². The zero-order chi connectivity index (χ0) is 10.6. The van der Waals surface area contributed by atoms with E-state index in [0.29, 0.717) is 0 Å². The minimum atomic E-state index is -0.569. The summed E-state index contributed by atoms with van der Waals surface area (Å²) in [7, 11) is 0. The quantitative estimate of drug-likeness (QED) is 0.793. The number of nitrogens with one attached hydrogen (secondary N) is 1. The largest absolute Gasteiger partial charge is 0.475 e. The summed E-state index contributed by atoms with van der Waals surface area (Å²) < 4.78 is 7.54. The molecule has 1 heterocycles. The third kappa shape index (κ3) is 1.40. The van der Waals surface area contributed by atoms with E-state index >= 15 is 0 Å². The first-order valence-electron chi connectivity index (χ1n) is 4.60. The topological polar surface area (TPSA) is 38.3 Å². The number of ether oxygens (including phenoxy) is 1. The SMILES string of the molecule is O=C1Nc2cc(Br)c(Br)cc2OC12CC2. The van der Waals surface area contributed by atoms with Crippen LogP contribution in [0.1, 0.15) is 12.8 Å². The molecule has 2 aliphatic rings. The predicted octanol–water partition coefficient (Wildman–Crippen LogP) is 3.08. The number of carbonyl (C=O) groups is 1. The van der Waals surface area contributed by atoms with Gasteiger partial charge in [0.25, 0.3) is 5.91 Å². The van der Waals surface area contributed by atoms with Crippen LogP contribution in [0.15, 0.2) is 21.1 Å². The zero-order valence-electron chi connectivity index (χ0n) is 7.64. The van der Waals surface area contributed by atoms with Crippen LogP contribution < -0.4 is 10.1 Å². The molecule has 15 heavy (non-hydrogen) atoms. The Balaban J connectivity index is 2.09. The summed E-state index contributed by atoms with van der Waals surface area (Å²) in [5.74, 6) is 0.714. The lowest BCUT2D eigenvalue weighted by molar-refractivity contribution is -0.125. The highest BCUT2D eigenvalue weighted by molar-refractivity contribution is 9.13. The Morgan fingerprint density at radius 3 is 2.60 bits per heavy atom. The van der Waals surface area contributed by atoms with E-state index < -0.39 is 5.60 Å². The Hall–Kier alpha value is -0.550. The average molecular weight is 333 g/mol. The van der Waals surface area contributed by atoms with Crippen molar-refractivity contribution in [1.82, 2.24) is 0 Å². The van der Waals surface area contributed by atoms with Gasteiger partial charge in [-0.3, -0.25) is 4.79 Å². The van der Waals surface area contributed by atoms with Gasteiger partial charge in [0.15, 0.2) is 5.60 Å². The van der Waals surface area contributed by atoms with E-state index in [4.69, 9.17) is 4.74 Å². The van der Waals surface area contributed by atoms with Crippen LogP contribution in [-0.2, 0) is 4.79 Å². The number of halogens is 2. The molecular formula is C10H7Br2NO2. The van der Waals surface area contributed by atoms with Crippen molar-refractivity contribution in [3.63, 3.8) is 0 Å². The number of hydrogen-bond donors (Lipinski definition) is 1. The van der Waals surface area contributed by atoms with Crippen LogP contribution in [0.4, 0.5) is 5.69 Å². The average Bonchev–Trinajstić information content (AvgIpc) is 2.93. The van der Waals surface area contributed by atoms with Crippen LogP contribution in [0.2, 0.25) is 0 Å². The lowest BCUT2D eigenvalue weighted by Gasteiger charge is -2.26. The molecular weight excluding hydrogens is 326 g/mol. The number of amides is 1. The second-order valence-corrected chi connectivity index (χ2v) is 5.52. The molecule has 1 N–H and O–H groups in total. The highest BCUT2D eigenvalue weighted by atomic mass is 79.9. The van der Waals surface area contributed by atoms with Gasteiger partial charge >= 0.3 is 0 Å². The Morgan fingerprint density at radius 2 is 1.93 bits per heavy atom. The standard InChI is InChI=1S/C10H7Br2NO2/c11-5-3-7-8(4-6(5)12)15-10(1-2-10)9(14)13-7/h3-4H,1-2H2,(H,13,14). The van der Waals surface area contributed by atoms with E-state index in [-0.39, 0.29) is 5.91 Å². The van der Waals surface area contributed by atoms with Crippen LogP contribution >= 0.6 is 31.9 Å². The van der Waals surface area contributed by atoms with Gasteiger partial charge in [-0.1, -0.05) is 0 Å². The van der Waals surface area contributed by atoms with Gasteiger partial charge in [0, 0.05) is 21.8 Å². The molecule has 1 fully saturated rings. The molecule has 0 atom stereocenters. The second kappa shape index (κ2) is 2.98. The molecule has 1 aliphatic carbocycles. The number of benzene rings is 1. The van der Waals surface area contributed by atoms with Crippen LogP contribution in [0, 0.1) is 0 Å². The number of rotatable bonds is 0. The fourth-order valence-corrected chi connectivity index (χ4v) is 2.31. The molecule has 3 rings (SSSR count). The maximum Gasteiger partial charge on any atom is 0.268 e. The lowest BCUT2D eigenvalue weighted by atomic mass is 10.2. The predicted molar refractivity (Wildman–Crippen MR) is 63.1 cm³/mol. The molecule has 0 radical (unpaired) electrons. The normalized spacial score (nSPS) is 20.5. The first-order chi connectivity index (χ1) is 7.11. The van der Waals surface area contributed by atoms with E-state index in [2.05, 4.69) is 37.2 Å². The smallest absolute Gasteiger partial charge is 0.268 e. The van der Waals surface area contributed by atoms with Crippen LogP contribution in [-0.4, -0.2) is 11.5 Å². The summed E-state index contributed by atoms with van der Waals surface area (Å²) >= 11 is 6.79. The van der Waals surface area contributed by atoms with Gasteiger partial charge in [-0.15, -0.1) is 0 Å². The summed E-state index contributed by atoms with van der Waals surface area (Å²) in [6.45, 7) is 0. The molecule has 1 amide bonds. The molecule has 1 aliphatic heterocycles. The third-order valence-corrected chi connectivity index (χ3v) is 4.54. The number of fused-ring (bicyclic) bond motifs is 1. The van der Waals surface area contributed by atoms with Crippen molar-refractivity contribution in [2.24, 2.45) is 0 Å². The van der Waals surface area contributed by atoms with Gasteiger partial charge in [-0.2, -0.15) is 0 Å². The molecule has 0 aromatic heterocycles. The first-order valence-corrected chi connectivity index (χ1v) is 6.19. The monoisotopic (exact) mass is 331 g/mol. The molecule has 1 aromatic carbocycles. The van der Waals surface area contributed by atoms with Gasteiger partial charge < -0.3 is 10.1 Å². The maximum absolute atomic E-state index is 11.7. The van der Waals surface area contributed by atoms with Crippen molar-refractivity contribution < 1.29 is 9.53 Å². The molecule has 78 valence electrons. The minimum absolute atomic E-state index is 0.0239. The van der Waals surface area contributed by atoms with Crippen molar-refractivity contribution >= 4 is 43.5 Å². The van der Waals surface area contributed by atoms with Crippen molar-refractivity contribution in [2.75, 3.05) is 5.32 Å². The molecule has 1 aromatic rings. The summed E-state index contributed by atoms with van der Waals surface area (Å²) in [4.78, 5) is 11.7. The van der Waals surface area contributed by atoms with Crippen molar-refractivity contribution in [3.05, 3.63) is 21.1 Å². The van der Waals surface area contributed by atoms with Crippen LogP contribution in [0.25, 0.3) is 0 Å². The fourth-order valence-electron chi connectivity index (χ4n) is 1.65. The summed E-state index contributed by atoms with van der Waals surface area (Å²) in [6.07, 6.45) is 1.62. The van der Waals surface area contributed by atoms with Crippen LogP contribution in [0.5, 0.6) is 5.75 Å². The summed E-state index contributed by atoms with van der Waals surface area (Å²) in [5, 5.41) is 2.87. The molecule has 0 unspecified atom stereocenters. The molecule has 0 saturated heterocycles. The first kappa shape index (κ1) is 9.66. The fraction of sp³-hybridized carbons (Fsp3) is 0.300. The van der Waals surface area contributed by atoms with E-state index in [1.54, 1.807) is 0 Å². The number of anilines is 1. The van der Waals surface area contributed by atoms with Gasteiger partial charge in [0.1, 0.15) is 5.75 Å². The van der Waals surface area contributed by atoms with E-state index in [0.717, 1.165) is 33.2 Å². The van der Waals surface area contributed by atoms with Crippen molar-refractivity contribution in [3.8, 4) is 5.75 Å². The Bertz CT molecular complexity index is 469. The highest BCUT2D eigenvalue weighted by Crippen LogP contribution is 2.48. The van der Waals surface area contributed by atoms with Gasteiger partial charge in [0.05, 0.1) is 5.69 Å². The van der Waals surface area contributed by atoms with Gasteiger partial charge in [-0.05, 0) is 44.0 Å². The second-order valence-electron chi connectivity index (χ2n) is 3.81.